The highest BCUT2D eigenvalue weighted by atomic mass is 79.9. The molecule has 0 aliphatic heterocycles. The molecule has 15 heavy (non-hydrogen) atoms. The van der Waals surface area contributed by atoms with E-state index in [2.05, 4.69) is 15.9 Å². The van der Waals surface area contributed by atoms with E-state index >= 15 is 0 Å². The van der Waals surface area contributed by atoms with Crippen molar-refractivity contribution >= 4 is 21.7 Å². The van der Waals surface area contributed by atoms with Gasteiger partial charge in [0.15, 0.2) is 10.5 Å². The van der Waals surface area contributed by atoms with Crippen molar-refractivity contribution < 1.29 is 9.21 Å². The fourth-order valence-electron chi connectivity index (χ4n) is 2.26. The summed E-state index contributed by atoms with van der Waals surface area (Å²) in [6, 6.07) is 1.75. The van der Waals surface area contributed by atoms with E-state index in [0.29, 0.717) is 22.6 Å². The number of Topliss-reactive ketones (excluding diaryl/α,β-unsaturated/α-hetero) is 1. The van der Waals surface area contributed by atoms with E-state index in [1.807, 2.05) is 0 Å². The van der Waals surface area contributed by atoms with Gasteiger partial charge < -0.3 is 4.42 Å². The molecule has 0 unspecified atom stereocenters. The van der Waals surface area contributed by atoms with Gasteiger partial charge in [-0.05, 0) is 27.9 Å². The molecule has 1 aromatic heterocycles. The van der Waals surface area contributed by atoms with Crippen LogP contribution in [0.2, 0.25) is 0 Å². The Morgan fingerprint density at radius 1 is 1.40 bits per heavy atom. The molecule has 0 radical (unpaired) electrons. The molecule has 0 spiro atoms. The van der Waals surface area contributed by atoms with Gasteiger partial charge in [-0.2, -0.15) is 0 Å². The highest BCUT2D eigenvalue weighted by Crippen LogP contribution is 2.29. The van der Waals surface area contributed by atoms with Crippen LogP contribution in [0.4, 0.5) is 0 Å². The van der Waals surface area contributed by atoms with Crippen LogP contribution in [-0.4, -0.2) is 5.78 Å². The van der Waals surface area contributed by atoms with Crippen LogP contribution in [0.25, 0.3) is 0 Å². The number of halogens is 1. The molecule has 0 N–H and O–H groups in total. The second-order valence-corrected chi connectivity index (χ2v) is 4.96. The first-order valence-corrected chi connectivity index (χ1v) is 6.33. The first kappa shape index (κ1) is 10.9. The van der Waals surface area contributed by atoms with E-state index in [9.17, 15) is 4.79 Å². The number of carbonyl (C=O) groups excluding carboxylic acids is 1. The molecule has 3 heteroatoms. The maximum Gasteiger partial charge on any atom is 0.179 e. The summed E-state index contributed by atoms with van der Waals surface area (Å²) < 4.78 is 5.64. The Hall–Kier alpha value is -0.570. The Kier molecular flexibility index (Phi) is 3.62. The first-order chi connectivity index (χ1) is 7.27. The lowest BCUT2D eigenvalue weighted by Crippen LogP contribution is -2.12. The smallest absolute Gasteiger partial charge is 0.179 e. The molecule has 0 bridgehead atoms. The summed E-state index contributed by atoms with van der Waals surface area (Å²) in [7, 11) is 0. The Morgan fingerprint density at radius 3 is 2.73 bits per heavy atom. The molecule has 0 atom stereocenters. The minimum absolute atomic E-state index is 0.211. The van der Waals surface area contributed by atoms with E-state index in [1.165, 1.54) is 32.1 Å². The average molecular weight is 271 g/mol. The topological polar surface area (TPSA) is 30.2 Å². The molecule has 1 fully saturated rings. The summed E-state index contributed by atoms with van der Waals surface area (Å²) in [6.07, 6.45) is 8.55. The fraction of sp³-hybridized carbons (Fsp3) is 0.583. The molecule has 2 rings (SSSR count). The van der Waals surface area contributed by atoms with E-state index in [-0.39, 0.29) is 5.78 Å². The van der Waals surface area contributed by atoms with Gasteiger partial charge >= 0.3 is 0 Å². The van der Waals surface area contributed by atoms with Crippen molar-refractivity contribution in [3.05, 3.63) is 22.6 Å². The maximum atomic E-state index is 11.9. The number of hydrogen-bond acceptors (Lipinski definition) is 2. The van der Waals surface area contributed by atoms with Gasteiger partial charge in [0.05, 0.1) is 11.8 Å². The van der Waals surface area contributed by atoms with Gasteiger partial charge in [0.25, 0.3) is 0 Å². The predicted octanol–water partition coefficient (Wildman–Crippen LogP) is 4.20. The number of furan rings is 1. The summed E-state index contributed by atoms with van der Waals surface area (Å²) in [6.45, 7) is 0. The van der Waals surface area contributed by atoms with Crippen molar-refractivity contribution in [2.45, 2.75) is 38.5 Å². The molecule has 0 saturated heterocycles. The SMILES string of the molecule is O=C(CC1CCCCC1)c1ccoc1Br. The number of ketones is 1. The Morgan fingerprint density at radius 2 is 2.13 bits per heavy atom. The summed E-state index contributed by atoms with van der Waals surface area (Å²) in [5, 5.41) is 0. The standard InChI is InChI=1S/C12H15BrO2/c13-12-10(6-7-15-12)11(14)8-9-4-2-1-3-5-9/h6-7,9H,1-5,8H2. The second-order valence-electron chi connectivity index (χ2n) is 4.24. The van der Waals surface area contributed by atoms with Crippen molar-refractivity contribution in [2.75, 3.05) is 0 Å². The number of carbonyl (C=O) groups is 1. The van der Waals surface area contributed by atoms with E-state index in [4.69, 9.17) is 4.42 Å². The monoisotopic (exact) mass is 270 g/mol. The van der Waals surface area contributed by atoms with Crippen molar-refractivity contribution in [1.82, 2.24) is 0 Å². The van der Waals surface area contributed by atoms with E-state index in [0.717, 1.165) is 0 Å². The van der Waals surface area contributed by atoms with Gasteiger partial charge in [0.2, 0.25) is 0 Å². The van der Waals surface area contributed by atoms with Gasteiger partial charge in [-0.15, -0.1) is 0 Å². The third kappa shape index (κ3) is 2.71. The highest BCUT2D eigenvalue weighted by molar-refractivity contribution is 9.10. The molecular weight excluding hydrogens is 256 g/mol. The van der Waals surface area contributed by atoms with Gasteiger partial charge in [-0.3, -0.25) is 4.79 Å². The van der Waals surface area contributed by atoms with Crippen LogP contribution in [-0.2, 0) is 0 Å². The van der Waals surface area contributed by atoms with Crippen LogP contribution in [0.5, 0.6) is 0 Å². The quantitative estimate of drug-likeness (QED) is 0.771. The number of rotatable bonds is 3. The molecule has 1 saturated carbocycles. The molecule has 82 valence electrons. The summed E-state index contributed by atoms with van der Waals surface area (Å²) in [4.78, 5) is 11.9. The maximum absolute atomic E-state index is 11.9. The molecular formula is C12H15BrO2. The predicted molar refractivity (Wildman–Crippen MR) is 61.9 cm³/mol. The van der Waals surface area contributed by atoms with Crippen molar-refractivity contribution in [1.29, 1.82) is 0 Å². The molecule has 1 aromatic rings. The zero-order chi connectivity index (χ0) is 10.7. The van der Waals surface area contributed by atoms with Crippen LogP contribution in [0.3, 0.4) is 0 Å². The van der Waals surface area contributed by atoms with Crippen LogP contribution in [0.15, 0.2) is 21.4 Å². The van der Waals surface area contributed by atoms with Crippen molar-refractivity contribution in [3.63, 3.8) is 0 Å². The van der Waals surface area contributed by atoms with Crippen LogP contribution >= 0.6 is 15.9 Å². The van der Waals surface area contributed by atoms with E-state index < -0.39 is 0 Å². The van der Waals surface area contributed by atoms with Crippen molar-refractivity contribution in [2.24, 2.45) is 5.92 Å². The van der Waals surface area contributed by atoms with Crippen LogP contribution < -0.4 is 0 Å². The largest absolute Gasteiger partial charge is 0.457 e. The van der Waals surface area contributed by atoms with Crippen LogP contribution in [0.1, 0.15) is 48.9 Å². The zero-order valence-electron chi connectivity index (χ0n) is 8.67. The van der Waals surface area contributed by atoms with E-state index in [1.54, 1.807) is 12.3 Å². The lowest BCUT2D eigenvalue weighted by atomic mass is 9.85. The highest BCUT2D eigenvalue weighted by Gasteiger charge is 2.20. The molecule has 0 aromatic carbocycles. The first-order valence-electron chi connectivity index (χ1n) is 5.53. The summed E-state index contributed by atoms with van der Waals surface area (Å²) >= 11 is 3.24. The van der Waals surface area contributed by atoms with Crippen molar-refractivity contribution in [3.8, 4) is 0 Å². The minimum atomic E-state index is 0.211. The number of hydrogen-bond donors (Lipinski definition) is 0. The summed E-state index contributed by atoms with van der Waals surface area (Å²) in [5.74, 6) is 0.801. The lowest BCUT2D eigenvalue weighted by molar-refractivity contribution is 0.0948. The molecule has 0 amide bonds. The van der Waals surface area contributed by atoms with Gasteiger partial charge in [0, 0.05) is 6.42 Å². The minimum Gasteiger partial charge on any atom is -0.457 e. The molecule has 1 heterocycles. The van der Waals surface area contributed by atoms with Gasteiger partial charge in [0.1, 0.15) is 0 Å². The van der Waals surface area contributed by atoms with Gasteiger partial charge in [-0.1, -0.05) is 32.1 Å². The van der Waals surface area contributed by atoms with Crippen LogP contribution in [0, 0.1) is 5.92 Å². The van der Waals surface area contributed by atoms with Gasteiger partial charge in [-0.25, -0.2) is 0 Å². The third-order valence-electron chi connectivity index (χ3n) is 3.12. The Balaban J connectivity index is 1.94. The summed E-state index contributed by atoms with van der Waals surface area (Å²) in [5.41, 5.74) is 0.695. The Labute approximate surface area is 98.2 Å². The Bertz CT molecular complexity index is 337. The lowest BCUT2D eigenvalue weighted by Gasteiger charge is -2.20. The second kappa shape index (κ2) is 4.97. The third-order valence-corrected chi connectivity index (χ3v) is 3.73. The molecule has 1 aliphatic rings. The molecule has 2 nitrogen and oxygen atoms in total. The molecule has 1 aliphatic carbocycles. The zero-order valence-corrected chi connectivity index (χ0v) is 10.3. The average Bonchev–Trinajstić information content (AvgIpc) is 2.66. The normalized spacial score (nSPS) is 17.9. The fourth-order valence-corrected chi connectivity index (χ4v) is 2.72.